The van der Waals surface area contributed by atoms with Gasteiger partial charge in [0.25, 0.3) is 0 Å². The lowest BCUT2D eigenvalue weighted by atomic mass is 10.0. The smallest absolute Gasteiger partial charge is 0.0234 e. The molecule has 1 aliphatic heterocycles. The minimum atomic E-state index is 1.17. The van der Waals surface area contributed by atoms with Crippen molar-refractivity contribution in [3.8, 4) is 0 Å². The number of nitrogens with zero attached hydrogens (tertiary/aromatic N) is 1. The summed E-state index contributed by atoms with van der Waals surface area (Å²) in [5.41, 5.74) is 3.25. The normalized spacial score (nSPS) is 25.7. The summed E-state index contributed by atoms with van der Waals surface area (Å²) < 4.78 is 0. The summed E-state index contributed by atoms with van der Waals surface area (Å²) in [6, 6.07) is 0. The van der Waals surface area contributed by atoms with Crippen molar-refractivity contribution in [2.24, 2.45) is 0 Å². The lowest BCUT2D eigenvalue weighted by Gasteiger charge is -2.06. The number of hydrogen-bond acceptors (Lipinski definition) is 1. The molecule has 0 fully saturated rings. The van der Waals surface area contributed by atoms with Gasteiger partial charge in [0.15, 0.2) is 0 Å². The van der Waals surface area contributed by atoms with Gasteiger partial charge in [-0.05, 0) is 25.5 Å². The van der Waals surface area contributed by atoms with E-state index in [9.17, 15) is 0 Å². The van der Waals surface area contributed by atoms with Crippen molar-refractivity contribution in [3.05, 3.63) is 23.3 Å². The van der Waals surface area contributed by atoms with Crippen molar-refractivity contribution in [1.29, 1.82) is 0 Å². The largest absolute Gasteiger partial charge is 0.298 e. The van der Waals surface area contributed by atoms with Crippen LogP contribution in [0.15, 0.2) is 23.3 Å². The van der Waals surface area contributed by atoms with Gasteiger partial charge >= 0.3 is 0 Å². The van der Waals surface area contributed by atoms with E-state index in [1.165, 1.54) is 25.9 Å². The lowest BCUT2D eigenvalue weighted by Crippen LogP contribution is -2.14. The number of likely N-dealkylation sites (N-methyl/N-ethyl adjacent to an activating group) is 1. The first-order chi connectivity index (χ1) is 4.86. The van der Waals surface area contributed by atoms with Crippen LogP contribution in [0.4, 0.5) is 0 Å². The van der Waals surface area contributed by atoms with Gasteiger partial charge in [0, 0.05) is 13.1 Å². The van der Waals surface area contributed by atoms with Gasteiger partial charge in [0.1, 0.15) is 0 Å². The van der Waals surface area contributed by atoms with Crippen LogP contribution in [0.5, 0.6) is 0 Å². The Bertz CT molecular complexity index is 201. The van der Waals surface area contributed by atoms with Crippen molar-refractivity contribution in [1.82, 2.24) is 4.90 Å². The zero-order valence-electron chi connectivity index (χ0n) is 6.43. The third kappa shape index (κ3) is 0.907. The van der Waals surface area contributed by atoms with Crippen LogP contribution < -0.4 is 0 Å². The van der Waals surface area contributed by atoms with Crippen LogP contribution in [0.1, 0.15) is 12.8 Å². The summed E-state index contributed by atoms with van der Waals surface area (Å²) in [7, 11) is 2.19. The highest BCUT2D eigenvalue weighted by Gasteiger charge is 2.17. The van der Waals surface area contributed by atoms with Crippen molar-refractivity contribution >= 4 is 0 Å². The molecule has 0 bridgehead atoms. The Morgan fingerprint density at radius 3 is 3.10 bits per heavy atom. The molecular weight excluding hydrogens is 122 g/mol. The lowest BCUT2D eigenvalue weighted by molar-refractivity contribution is 0.424. The average Bonchev–Trinajstić information content (AvgIpc) is 2.27. The second-order valence-corrected chi connectivity index (χ2v) is 3.24. The molecule has 1 heteroatoms. The van der Waals surface area contributed by atoms with Crippen LogP contribution in [0.25, 0.3) is 0 Å². The number of hydrogen-bond donors (Lipinski definition) is 0. The zero-order valence-corrected chi connectivity index (χ0v) is 6.43. The van der Waals surface area contributed by atoms with E-state index in [0.717, 1.165) is 0 Å². The maximum absolute atomic E-state index is 2.38. The molecule has 0 aromatic carbocycles. The quantitative estimate of drug-likeness (QED) is 0.487. The molecule has 0 radical (unpaired) electrons. The minimum absolute atomic E-state index is 1.17. The number of rotatable bonds is 0. The van der Waals surface area contributed by atoms with Gasteiger partial charge in [0.2, 0.25) is 0 Å². The molecule has 1 heterocycles. The first-order valence-electron chi connectivity index (χ1n) is 3.92. The van der Waals surface area contributed by atoms with Crippen molar-refractivity contribution in [3.63, 3.8) is 0 Å². The van der Waals surface area contributed by atoms with Gasteiger partial charge in [-0.1, -0.05) is 17.7 Å². The molecular formula is C9H13N. The van der Waals surface area contributed by atoms with Gasteiger partial charge < -0.3 is 0 Å². The number of allylic oxidation sites excluding steroid dienone is 1. The van der Waals surface area contributed by atoms with Crippen LogP contribution in [0.2, 0.25) is 0 Å². The van der Waals surface area contributed by atoms with Crippen molar-refractivity contribution in [2.45, 2.75) is 12.8 Å². The molecule has 2 aliphatic rings. The van der Waals surface area contributed by atoms with Gasteiger partial charge in [-0.25, -0.2) is 0 Å². The third-order valence-corrected chi connectivity index (χ3v) is 2.29. The molecule has 0 unspecified atom stereocenters. The van der Waals surface area contributed by atoms with E-state index >= 15 is 0 Å². The Morgan fingerprint density at radius 1 is 1.40 bits per heavy atom. The van der Waals surface area contributed by atoms with Crippen molar-refractivity contribution in [2.75, 3.05) is 20.1 Å². The van der Waals surface area contributed by atoms with E-state index in [4.69, 9.17) is 0 Å². The minimum Gasteiger partial charge on any atom is -0.298 e. The molecule has 0 atom stereocenters. The highest BCUT2D eigenvalue weighted by molar-refractivity contribution is 5.35. The van der Waals surface area contributed by atoms with Crippen LogP contribution in [-0.4, -0.2) is 25.0 Å². The Morgan fingerprint density at radius 2 is 2.30 bits per heavy atom. The average molecular weight is 135 g/mol. The molecule has 10 heavy (non-hydrogen) atoms. The predicted molar refractivity (Wildman–Crippen MR) is 42.9 cm³/mol. The molecule has 1 nitrogen and oxygen atoms in total. The van der Waals surface area contributed by atoms with Gasteiger partial charge in [-0.3, -0.25) is 4.90 Å². The first kappa shape index (κ1) is 6.17. The van der Waals surface area contributed by atoms with E-state index in [0.29, 0.717) is 0 Å². The second-order valence-electron chi connectivity index (χ2n) is 3.24. The maximum atomic E-state index is 2.38. The van der Waals surface area contributed by atoms with E-state index in [2.05, 4.69) is 24.1 Å². The molecule has 0 saturated carbocycles. The Labute approximate surface area is 62.0 Å². The molecule has 0 spiro atoms. The van der Waals surface area contributed by atoms with Crippen LogP contribution >= 0.6 is 0 Å². The van der Waals surface area contributed by atoms with Crippen LogP contribution in [0, 0.1) is 0 Å². The summed E-state index contributed by atoms with van der Waals surface area (Å²) in [6.07, 6.45) is 7.14. The van der Waals surface area contributed by atoms with Crippen LogP contribution in [0.3, 0.4) is 0 Å². The molecule has 0 aromatic heterocycles. The fraction of sp³-hybridized carbons (Fsp3) is 0.556. The molecule has 0 amide bonds. The molecule has 54 valence electrons. The summed E-state index contributed by atoms with van der Waals surface area (Å²) in [4.78, 5) is 2.38. The maximum Gasteiger partial charge on any atom is 0.0234 e. The van der Waals surface area contributed by atoms with E-state index < -0.39 is 0 Å². The first-order valence-corrected chi connectivity index (χ1v) is 3.92. The highest BCUT2D eigenvalue weighted by Crippen LogP contribution is 2.24. The fourth-order valence-corrected chi connectivity index (χ4v) is 1.78. The molecule has 2 rings (SSSR count). The van der Waals surface area contributed by atoms with Crippen molar-refractivity contribution < 1.29 is 0 Å². The van der Waals surface area contributed by atoms with E-state index in [1.54, 1.807) is 11.1 Å². The Balaban J connectivity index is 2.21. The van der Waals surface area contributed by atoms with Gasteiger partial charge in [-0.15, -0.1) is 0 Å². The Kier molecular flexibility index (Phi) is 1.38. The Hall–Kier alpha value is -0.560. The predicted octanol–water partition coefficient (Wildman–Crippen LogP) is 1.58. The molecule has 0 aromatic rings. The van der Waals surface area contributed by atoms with E-state index in [1.807, 2.05) is 0 Å². The highest BCUT2D eigenvalue weighted by atomic mass is 15.1. The molecule has 0 saturated heterocycles. The monoisotopic (exact) mass is 135 g/mol. The standard InChI is InChI=1S/C9H13N/c1-10-6-8-4-2-3-5-9(8)7-10/h2,4H,3,5-7H2,1H3. The molecule has 1 aliphatic carbocycles. The SMILES string of the molecule is CN1CC2=C(CCC=C2)C1. The van der Waals surface area contributed by atoms with Gasteiger partial charge in [-0.2, -0.15) is 0 Å². The summed E-state index contributed by atoms with van der Waals surface area (Å²) in [5.74, 6) is 0. The second kappa shape index (κ2) is 2.24. The third-order valence-electron chi connectivity index (χ3n) is 2.29. The summed E-state index contributed by atoms with van der Waals surface area (Å²) in [6.45, 7) is 2.38. The fourth-order valence-electron chi connectivity index (χ4n) is 1.78. The van der Waals surface area contributed by atoms with Gasteiger partial charge in [0.05, 0.1) is 0 Å². The summed E-state index contributed by atoms with van der Waals surface area (Å²) >= 11 is 0. The molecule has 0 N–H and O–H groups in total. The van der Waals surface area contributed by atoms with E-state index in [-0.39, 0.29) is 0 Å². The summed E-state index contributed by atoms with van der Waals surface area (Å²) in [5, 5.41) is 0. The topological polar surface area (TPSA) is 3.24 Å². The zero-order chi connectivity index (χ0) is 6.97. The van der Waals surface area contributed by atoms with Crippen LogP contribution in [-0.2, 0) is 0 Å².